The topological polar surface area (TPSA) is 58.6 Å². The smallest absolute Gasteiger partial charge is 0.230 e. The van der Waals surface area contributed by atoms with Gasteiger partial charge in [-0.2, -0.15) is 11.8 Å². The highest BCUT2D eigenvalue weighted by atomic mass is 32.2. The SMILES string of the molecule is COc1ccc(CCN2C[C@H](NC(=O)CSC)CC2=O)cc1. The summed E-state index contributed by atoms with van der Waals surface area (Å²) in [6.07, 6.45) is 3.10. The van der Waals surface area contributed by atoms with Crippen LogP contribution in [0.3, 0.4) is 0 Å². The molecule has 1 atom stereocenters. The van der Waals surface area contributed by atoms with Gasteiger partial charge in [-0.3, -0.25) is 9.59 Å². The molecule has 0 bridgehead atoms. The Labute approximate surface area is 135 Å². The first-order valence-corrected chi connectivity index (χ1v) is 8.70. The number of amides is 2. The number of carbonyl (C=O) groups excluding carboxylic acids is 2. The molecule has 0 aromatic heterocycles. The number of hydrogen-bond donors (Lipinski definition) is 1. The summed E-state index contributed by atoms with van der Waals surface area (Å²) in [6.45, 7) is 1.29. The highest BCUT2D eigenvalue weighted by Crippen LogP contribution is 2.15. The molecule has 1 aliphatic rings. The predicted molar refractivity (Wildman–Crippen MR) is 88.2 cm³/mol. The molecule has 2 amide bonds. The standard InChI is InChI=1S/C16H22N2O3S/c1-21-14-5-3-12(4-6-14)7-8-18-10-13(9-16(18)20)17-15(19)11-22-2/h3-6,13H,7-11H2,1-2H3,(H,17,19)/t13-/m1/s1. The Morgan fingerprint density at radius 1 is 1.41 bits per heavy atom. The Hall–Kier alpha value is -1.69. The average molecular weight is 322 g/mol. The van der Waals surface area contributed by atoms with Gasteiger partial charge < -0.3 is 15.0 Å². The normalized spacial score (nSPS) is 17.6. The molecule has 0 radical (unpaired) electrons. The van der Waals surface area contributed by atoms with Crippen LogP contribution < -0.4 is 10.1 Å². The van der Waals surface area contributed by atoms with Gasteiger partial charge in [-0.15, -0.1) is 0 Å². The Kier molecular flexibility index (Phi) is 6.12. The van der Waals surface area contributed by atoms with Crippen LogP contribution in [0.25, 0.3) is 0 Å². The van der Waals surface area contributed by atoms with Gasteiger partial charge >= 0.3 is 0 Å². The van der Waals surface area contributed by atoms with Crippen LogP contribution in [0.5, 0.6) is 5.75 Å². The fourth-order valence-electron chi connectivity index (χ4n) is 2.54. The van der Waals surface area contributed by atoms with Crippen molar-refractivity contribution in [3.63, 3.8) is 0 Å². The number of likely N-dealkylation sites (tertiary alicyclic amines) is 1. The molecule has 1 heterocycles. The van der Waals surface area contributed by atoms with E-state index in [2.05, 4.69) is 5.32 Å². The third-order valence-corrected chi connectivity index (χ3v) is 4.24. The van der Waals surface area contributed by atoms with Crippen LogP contribution >= 0.6 is 11.8 Å². The molecule has 2 rings (SSSR count). The van der Waals surface area contributed by atoms with Gasteiger partial charge in [0.25, 0.3) is 0 Å². The third-order valence-electron chi connectivity index (χ3n) is 3.68. The van der Waals surface area contributed by atoms with E-state index >= 15 is 0 Å². The van der Waals surface area contributed by atoms with Crippen molar-refractivity contribution in [1.82, 2.24) is 10.2 Å². The fraction of sp³-hybridized carbons (Fsp3) is 0.500. The van der Waals surface area contributed by atoms with E-state index in [1.54, 1.807) is 7.11 Å². The lowest BCUT2D eigenvalue weighted by Gasteiger charge is -2.17. The second-order valence-corrected chi connectivity index (χ2v) is 6.21. The maximum absolute atomic E-state index is 12.0. The number of ether oxygens (including phenoxy) is 1. The zero-order chi connectivity index (χ0) is 15.9. The molecule has 0 saturated carbocycles. The number of nitrogens with zero attached hydrogens (tertiary/aromatic N) is 1. The second-order valence-electron chi connectivity index (χ2n) is 5.34. The van der Waals surface area contributed by atoms with Crippen LogP contribution in [0.1, 0.15) is 12.0 Å². The monoisotopic (exact) mass is 322 g/mol. The van der Waals surface area contributed by atoms with Gasteiger partial charge in [-0.05, 0) is 30.4 Å². The summed E-state index contributed by atoms with van der Waals surface area (Å²) in [7, 11) is 1.64. The summed E-state index contributed by atoms with van der Waals surface area (Å²) >= 11 is 1.48. The molecule has 0 unspecified atom stereocenters. The van der Waals surface area contributed by atoms with Crippen LogP contribution in [0.2, 0.25) is 0 Å². The van der Waals surface area contributed by atoms with Crippen molar-refractivity contribution in [2.24, 2.45) is 0 Å². The Bertz CT molecular complexity index is 519. The van der Waals surface area contributed by atoms with E-state index < -0.39 is 0 Å². The van der Waals surface area contributed by atoms with Crippen molar-refractivity contribution in [2.45, 2.75) is 18.9 Å². The lowest BCUT2D eigenvalue weighted by atomic mass is 10.1. The number of thioether (sulfide) groups is 1. The van der Waals surface area contributed by atoms with Crippen molar-refractivity contribution < 1.29 is 14.3 Å². The molecule has 0 aliphatic carbocycles. The minimum atomic E-state index is -0.0528. The van der Waals surface area contributed by atoms with Crippen LogP contribution in [0, 0.1) is 0 Å². The number of nitrogens with one attached hydrogen (secondary N) is 1. The van der Waals surface area contributed by atoms with Crippen LogP contribution in [-0.2, 0) is 16.0 Å². The predicted octanol–water partition coefficient (Wildman–Crippen LogP) is 1.32. The number of carbonyl (C=O) groups is 2. The van der Waals surface area contributed by atoms with Crippen molar-refractivity contribution in [2.75, 3.05) is 32.2 Å². The van der Waals surface area contributed by atoms with E-state index in [0.717, 1.165) is 12.2 Å². The summed E-state index contributed by atoms with van der Waals surface area (Å²) in [5.74, 6) is 1.39. The molecule has 0 spiro atoms. The van der Waals surface area contributed by atoms with E-state index in [1.165, 1.54) is 17.3 Å². The summed E-state index contributed by atoms with van der Waals surface area (Å²) in [4.78, 5) is 25.4. The van der Waals surface area contributed by atoms with E-state index in [1.807, 2.05) is 35.4 Å². The van der Waals surface area contributed by atoms with E-state index in [9.17, 15) is 9.59 Å². The zero-order valence-electron chi connectivity index (χ0n) is 13.0. The van der Waals surface area contributed by atoms with Crippen molar-refractivity contribution >= 4 is 23.6 Å². The average Bonchev–Trinajstić information content (AvgIpc) is 2.85. The van der Waals surface area contributed by atoms with E-state index in [-0.39, 0.29) is 17.9 Å². The lowest BCUT2D eigenvalue weighted by Crippen LogP contribution is -2.38. The Morgan fingerprint density at radius 2 is 2.14 bits per heavy atom. The molecule has 1 aromatic rings. The first-order valence-electron chi connectivity index (χ1n) is 7.31. The third kappa shape index (κ3) is 4.66. The summed E-state index contributed by atoms with van der Waals surface area (Å²) < 4.78 is 5.13. The first kappa shape index (κ1) is 16.7. The molecule has 1 fully saturated rings. The van der Waals surface area contributed by atoms with Gasteiger partial charge in [0, 0.05) is 19.5 Å². The maximum atomic E-state index is 12.0. The van der Waals surface area contributed by atoms with Crippen molar-refractivity contribution in [3.8, 4) is 5.75 Å². The van der Waals surface area contributed by atoms with Crippen LogP contribution in [0.15, 0.2) is 24.3 Å². The number of benzene rings is 1. The molecule has 1 N–H and O–H groups in total. The molecule has 22 heavy (non-hydrogen) atoms. The van der Waals surface area contributed by atoms with Gasteiger partial charge in [0.2, 0.25) is 11.8 Å². The van der Waals surface area contributed by atoms with E-state index in [4.69, 9.17) is 4.74 Å². The van der Waals surface area contributed by atoms with Gasteiger partial charge in [0.05, 0.1) is 18.9 Å². The molecule has 5 nitrogen and oxygen atoms in total. The summed E-state index contributed by atoms with van der Waals surface area (Å²) in [5, 5.41) is 2.91. The molecular formula is C16H22N2O3S. The lowest BCUT2D eigenvalue weighted by molar-refractivity contribution is -0.127. The van der Waals surface area contributed by atoms with Crippen molar-refractivity contribution in [1.29, 1.82) is 0 Å². The number of rotatable bonds is 7. The fourth-order valence-corrected chi connectivity index (χ4v) is 2.89. The molecule has 1 aromatic carbocycles. The Balaban J connectivity index is 1.80. The van der Waals surface area contributed by atoms with Crippen molar-refractivity contribution in [3.05, 3.63) is 29.8 Å². The van der Waals surface area contributed by atoms with Gasteiger partial charge in [0.15, 0.2) is 0 Å². The highest BCUT2D eigenvalue weighted by Gasteiger charge is 2.29. The number of methoxy groups -OCH3 is 1. The largest absolute Gasteiger partial charge is 0.497 e. The van der Waals surface area contributed by atoms with E-state index in [0.29, 0.717) is 25.3 Å². The number of hydrogen-bond acceptors (Lipinski definition) is 4. The van der Waals surface area contributed by atoms with Crippen LogP contribution in [0.4, 0.5) is 0 Å². The minimum Gasteiger partial charge on any atom is -0.497 e. The molecule has 1 saturated heterocycles. The maximum Gasteiger partial charge on any atom is 0.230 e. The van der Waals surface area contributed by atoms with Crippen LogP contribution in [-0.4, -0.2) is 55.0 Å². The zero-order valence-corrected chi connectivity index (χ0v) is 13.8. The minimum absolute atomic E-state index is 0.00213. The molecule has 1 aliphatic heterocycles. The quantitative estimate of drug-likeness (QED) is 0.822. The molecule has 120 valence electrons. The summed E-state index contributed by atoms with van der Waals surface area (Å²) in [6, 6.07) is 7.82. The highest BCUT2D eigenvalue weighted by molar-refractivity contribution is 7.99. The molecule has 6 heteroatoms. The molecular weight excluding hydrogens is 300 g/mol. The van der Waals surface area contributed by atoms with Gasteiger partial charge in [-0.25, -0.2) is 0 Å². The first-order chi connectivity index (χ1) is 10.6. The second kappa shape index (κ2) is 8.08. The summed E-state index contributed by atoms with van der Waals surface area (Å²) in [5.41, 5.74) is 1.17. The Morgan fingerprint density at radius 3 is 2.77 bits per heavy atom. The van der Waals surface area contributed by atoms with Gasteiger partial charge in [0.1, 0.15) is 5.75 Å². The van der Waals surface area contributed by atoms with Gasteiger partial charge in [-0.1, -0.05) is 12.1 Å².